The summed E-state index contributed by atoms with van der Waals surface area (Å²) in [7, 11) is 0. The van der Waals surface area contributed by atoms with Crippen LogP contribution in [0.25, 0.3) is 0 Å². The fraction of sp³-hybridized carbons (Fsp3) is 0.381. The van der Waals surface area contributed by atoms with Gasteiger partial charge in [0.05, 0.1) is 11.7 Å². The molecule has 1 aromatic heterocycles. The molecule has 6 heteroatoms. The number of aromatic nitrogens is 1. The summed E-state index contributed by atoms with van der Waals surface area (Å²) >= 11 is 0. The molecule has 2 aliphatic rings. The van der Waals surface area contributed by atoms with Crippen molar-refractivity contribution in [1.29, 1.82) is 0 Å². The number of hydrogen-bond acceptors (Lipinski definition) is 4. The molecule has 4 rings (SSSR count). The SMILES string of the molecule is C[C@H]1Oc2ccccc2N(CCC(=O)N2CCC[C@H]2c2ccncc2)C1=O. The van der Waals surface area contributed by atoms with Gasteiger partial charge in [-0.1, -0.05) is 12.1 Å². The molecule has 0 saturated carbocycles. The highest BCUT2D eigenvalue weighted by molar-refractivity contribution is 6.00. The maximum atomic E-state index is 12.9. The first-order valence-corrected chi connectivity index (χ1v) is 9.41. The molecule has 1 fully saturated rings. The normalized spacial score (nSPS) is 21.7. The molecule has 2 atom stereocenters. The van der Waals surface area contributed by atoms with Crippen molar-refractivity contribution in [2.75, 3.05) is 18.0 Å². The van der Waals surface area contributed by atoms with Crippen molar-refractivity contribution in [3.8, 4) is 5.75 Å². The molecule has 0 spiro atoms. The van der Waals surface area contributed by atoms with Crippen LogP contribution in [0.2, 0.25) is 0 Å². The Hall–Kier alpha value is -2.89. The Morgan fingerprint density at radius 3 is 2.81 bits per heavy atom. The Kier molecular flexibility index (Phi) is 4.79. The lowest BCUT2D eigenvalue weighted by atomic mass is 10.1. The second kappa shape index (κ2) is 7.39. The van der Waals surface area contributed by atoms with Crippen molar-refractivity contribution in [3.05, 3.63) is 54.4 Å². The van der Waals surface area contributed by atoms with Crippen molar-refractivity contribution in [3.63, 3.8) is 0 Å². The van der Waals surface area contributed by atoms with Crippen LogP contribution in [0.4, 0.5) is 5.69 Å². The number of para-hydroxylation sites is 2. The number of nitrogens with zero attached hydrogens (tertiary/aromatic N) is 3. The molecule has 0 aliphatic carbocycles. The van der Waals surface area contributed by atoms with Crippen molar-refractivity contribution in [2.24, 2.45) is 0 Å². The molecule has 6 nitrogen and oxygen atoms in total. The molecule has 3 heterocycles. The highest BCUT2D eigenvalue weighted by atomic mass is 16.5. The smallest absolute Gasteiger partial charge is 0.267 e. The molecule has 1 saturated heterocycles. The number of carbonyl (C=O) groups is 2. The quantitative estimate of drug-likeness (QED) is 0.836. The predicted molar refractivity (Wildman–Crippen MR) is 101 cm³/mol. The minimum Gasteiger partial charge on any atom is -0.479 e. The average Bonchev–Trinajstić information content (AvgIpc) is 3.19. The Morgan fingerprint density at radius 1 is 1.22 bits per heavy atom. The van der Waals surface area contributed by atoms with Gasteiger partial charge in [0.2, 0.25) is 5.91 Å². The highest BCUT2D eigenvalue weighted by Gasteiger charge is 2.33. The van der Waals surface area contributed by atoms with E-state index in [0.29, 0.717) is 18.7 Å². The fourth-order valence-electron chi connectivity index (χ4n) is 3.94. The van der Waals surface area contributed by atoms with Crippen LogP contribution in [0.1, 0.15) is 37.8 Å². The van der Waals surface area contributed by atoms with E-state index in [0.717, 1.165) is 30.6 Å². The van der Waals surface area contributed by atoms with E-state index in [1.165, 1.54) is 0 Å². The highest BCUT2D eigenvalue weighted by Crippen LogP contribution is 2.35. The first-order chi connectivity index (χ1) is 13.1. The number of ether oxygens (including phenoxy) is 1. The Morgan fingerprint density at radius 2 is 2.00 bits per heavy atom. The number of pyridine rings is 1. The molecule has 2 aromatic rings. The number of benzene rings is 1. The number of rotatable bonds is 4. The number of likely N-dealkylation sites (tertiary alicyclic amines) is 1. The summed E-state index contributed by atoms with van der Waals surface area (Å²) in [5, 5.41) is 0. The van der Waals surface area contributed by atoms with E-state index in [-0.39, 0.29) is 17.9 Å². The van der Waals surface area contributed by atoms with Gasteiger partial charge in [-0.25, -0.2) is 0 Å². The van der Waals surface area contributed by atoms with Gasteiger partial charge in [-0.2, -0.15) is 0 Å². The zero-order valence-electron chi connectivity index (χ0n) is 15.4. The van der Waals surface area contributed by atoms with E-state index in [1.54, 1.807) is 24.2 Å². The van der Waals surface area contributed by atoms with Crippen molar-refractivity contribution in [1.82, 2.24) is 9.88 Å². The number of amides is 2. The standard InChI is InChI=1S/C21H23N3O3/c1-15-21(26)24(18-5-2-3-7-19(18)27-15)14-10-20(25)23-13-4-6-17(23)16-8-11-22-12-9-16/h2-3,5,7-9,11-12,15,17H,4,6,10,13-14H2,1H3/t15-,17+/m1/s1. The zero-order chi connectivity index (χ0) is 18.8. The Bertz CT molecular complexity index is 840. The monoisotopic (exact) mass is 365 g/mol. The van der Waals surface area contributed by atoms with Crippen LogP contribution in [-0.2, 0) is 9.59 Å². The van der Waals surface area contributed by atoms with Gasteiger partial charge in [-0.3, -0.25) is 14.6 Å². The summed E-state index contributed by atoms with van der Waals surface area (Å²) < 4.78 is 5.66. The maximum Gasteiger partial charge on any atom is 0.267 e. The molecular weight excluding hydrogens is 342 g/mol. The Balaban J connectivity index is 1.47. The van der Waals surface area contributed by atoms with Crippen LogP contribution in [0.3, 0.4) is 0 Å². The molecule has 2 amide bonds. The van der Waals surface area contributed by atoms with Crippen LogP contribution in [0.15, 0.2) is 48.8 Å². The average molecular weight is 365 g/mol. The summed E-state index contributed by atoms with van der Waals surface area (Å²) in [6.07, 6.45) is 5.25. The number of hydrogen-bond donors (Lipinski definition) is 0. The topological polar surface area (TPSA) is 62.7 Å². The van der Waals surface area contributed by atoms with Crippen LogP contribution in [-0.4, -0.2) is 40.9 Å². The van der Waals surface area contributed by atoms with Crippen LogP contribution in [0.5, 0.6) is 5.75 Å². The molecule has 0 N–H and O–H groups in total. The lowest BCUT2D eigenvalue weighted by molar-refractivity contribution is -0.132. The number of anilines is 1. The van der Waals surface area contributed by atoms with Gasteiger partial charge < -0.3 is 14.5 Å². The second-order valence-electron chi connectivity index (χ2n) is 6.99. The third-order valence-corrected chi connectivity index (χ3v) is 5.29. The fourth-order valence-corrected chi connectivity index (χ4v) is 3.94. The first kappa shape index (κ1) is 17.5. The molecular formula is C21H23N3O3. The zero-order valence-corrected chi connectivity index (χ0v) is 15.4. The first-order valence-electron chi connectivity index (χ1n) is 9.41. The lowest BCUT2D eigenvalue weighted by Crippen LogP contribution is -2.46. The van der Waals surface area contributed by atoms with Gasteiger partial charge in [0.15, 0.2) is 6.10 Å². The summed E-state index contributed by atoms with van der Waals surface area (Å²) in [4.78, 5) is 33.2. The minimum atomic E-state index is -0.536. The van der Waals surface area contributed by atoms with Gasteiger partial charge in [0, 0.05) is 31.9 Å². The van der Waals surface area contributed by atoms with Crippen LogP contribution in [0, 0.1) is 0 Å². The van der Waals surface area contributed by atoms with Crippen LogP contribution < -0.4 is 9.64 Å². The van der Waals surface area contributed by atoms with E-state index in [2.05, 4.69) is 4.98 Å². The van der Waals surface area contributed by atoms with Gasteiger partial charge in [0.1, 0.15) is 5.75 Å². The number of fused-ring (bicyclic) bond motifs is 1. The van der Waals surface area contributed by atoms with E-state index >= 15 is 0 Å². The molecule has 0 unspecified atom stereocenters. The molecule has 0 bridgehead atoms. The van der Waals surface area contributed by atoms with Crippen molar-refractivity contribution < 1.29 is 14.3 Å². The minimum absolute atomic E-state index is 0.0822. The molecule has 140 valence electrons. The number of carbonyl (C=O) groups excluding carboxylic acids is 2. The predicted octanol–water partition coefficient (Wildman–Crippen LogP) is 2.95. The van der Waals surface area contributed by atoms with Gasteiger partial charge in [-0.05, 0) is 49.6 Å². The van der Waals surface area contributed by atoms with E-state index in [1.807, 2.05) is 41.3 Å². The van der Waals surface area contributed by atoms with Gasteiger partial charge >= 0.3 is 0 Å². The molecule has 27 heavy (non-hydrogen) atoms. The van der Waals surface area contributed by atoms with Gasteiger partial charge in [-0.15, -0.1) is 0 Å². The molecule has 1 aromatic carbocycles. The summed E-state index contributed by atoms with van der Waals surface area (Å²) in [6.45, 7) is 2.87. The van der Waals surface area contributed by atoms with Crippen molar-refractivity contribution in [2.45, 2.75) is 38.3 Å². The van der Waals surface area contributed by atoms with Crippen molar-refractivity contribution >= 4 is 17.5 Å². The second-order valence-corrected chi connectivity index (χ2v) is 6.99. The summed E-state index contributed by atoms with van der Waals surface area (Å²) in [5.41, 5.74) is 1.86. The van der Waals surface area contributed by atoms with E-state index in [4.69, 9.17) is 4.74 Å². The maximum absolute atomic E-state index is 12.9. The third-order valence-electron chi connectivity index (χ3n) is 5.29. The largest absolute Gasteiger partial charge is 0.479 e. The Labute approximate surface area is 158 Å². The van der Waals surface area contributed by atoms with Gasteiger partial charge in [0.25, 0.3) is 5.91 Å². The molecule has 2 aliphatic heterocycles. The molecule has 0 radical (unpaired) electrons. The van der Waals surface area contributed by atoms with E-state index < -0.39 is 6.10 Å². The lowest BCUT2D eigenvalue weighted by Gasteiger charge is -2.33. The summed E-state index contributed by atoms with van der Waals surface area (Å²) in [6, 6.07) is 11.5. The van der Waals surface area contributed by atoms with E-state index in [9.17, 15) is 9.59 Å². The summed E-state index contributed by atoms with van der Waals surface area (Å²) in [5.74, 6) is 0.667. The third kappa shape index (κ3) is 3.39. The van der Waals surface area contributed by atoms with Crippen LogP contribution >= 0.6 is 0 Å².